The number of hydrogen-bond acceptors (Lipinski definition) is 7. The van der Waals surface area contributed by atoms with Crippen molar-refractivity contribution in [3.05, 3.63) is 103 Å². The van der Waals surface area contributed by atoms with Gasteiger partial charge in [0.25, 0.3) is 5.91 Å². The number of nitrogens with one attached hydrogen (secondary N) is 3. The standard InChI is InChI=1S/C30H26N6O4/c1-18(2)24-14-13-23-27(35-24)31-17-32-28(23)36-25-16-21(33-29(37)19-6-4-3-5-7-19)10-15-26(25)40-22-11-8-20(9-12-22)34-30(38)39/h3-18,34H,1-2H3,(H,33,37)(H,38,39)(H,31,32,35,36). The normalized spacial score (nSPS) is 10.8. The molecule has 0 aliphatic carbocycles. The average Bonchev–Trinajstić information content (AvgIpc) is 2.95. The predicted molar refractivity (Wildman–Crippen MR) is 154 cm³/mol. The van der Waals surface area contributed by atoms with E-state index in [0.29, 0.717) is 45.6 Å². The minimum absolute atomic E-state index is 0.248. The Morgan fingerprint density at radius 1 is 0.850 bits per heavy atom. The molecule has 0 radical (unpaired) electrons. The lowest BCUT2D eigenvalue weighted by Gasteiger charge is -2.16. The van der Waals surface area contributed by atoms with Crippen LogP contribution in [0.2, 0.25) is 0 Å². The number of pyridine rings is 1. The third kappa shape index (κ3) is 6.13. The third-order valence-corrected chi connectivity index (χ3v) is 5.97. The van der Waals surface area contributed by atoms with Crippen molar-refractivity contribution in [2.24, 2.45) is 0 Å². The molecular formula is C30H26N6O4. The zero-order chi connectivity index (χ0) is 28.1. The fraction of sp³-hybridized carbons (Fsp3) is 0.100. The minimum Gasteiger partial charge on any atom is -0.465 e. The van der Waals surface area contributed by atoms with Crippen molar-refractivity contribution in [1.82, 2.24) is 15.0 Å². The SMILES string of the molecule is CC(C)c1ccc2c(Nc3cc(NC(=O)c4ccccc4)ccc3Oc3ccc(NC(=O)O)cc3)ncnc2n1. The van der Waals surface area contributed by atoms with Gasteiger partial charge in [-0.2, -0.15) is 0 Å². The van der Waals surface area contributed by atoms with Gasteiger partial charge in [0.2, 0.25) is 0 Å². The Morgan fingerprint density at radius 2 is 1.60 bits per heavy atom. The van der Waals surface area contributed by atoms with Crippen LogP contribution < -0.4 is 20.7 Å². The number of rotatable bonds is 8. The second-order valence-electron chi connectivity index (χ2n) is 9.20. The van der Waals surface area contributed by atoms with Crippen LogP contribution in [-0.2, 0) is 0 Å². The average molecular weight is 535 g/mol. The number of fused-ring (bicyclic) bond motifs is 1. The van der Waals surface area contributed by atoms with E-state index in [9.17, 15) is 9.59 Å². The molecule has 0 unspecified atom stereocenters. The van der Waals surface area contributed by atoms with Crippen LogP contribution in [0.5, 0.6) is 11.5 Å². The molecule has 0 atom stereocenters. The molecule has 5 aromatic rings. The van der Waals surface area contributed by atoms with E-state index in [-0.39, 0.29) is 11.8 Å². The first-order valence-electron chi connectivity index (χ1n) is 12.5. The Hall–Kier alpha value is -5.51. The molecule has 2 amide bonds. The number of ether oxygens (including phenoxy) is 1. The van der Waals surface area contributed by atoms with Gasteiger partial charge in [-0.15, -0.1) is 0 Å². The van der Waals surface area contributed by atoms with E-state index in [1.165, 1.54) is 6.33 Å². The molecule has 0 bridgehead atoms. The highest BCUT2D eigenvalue weighted by molar-refractivity contribution is 6.04. The Bertz CT molecular complexity index is 1670. The van der Waals surface area contributed by atoms with E-state index in [4.69, 9.17) is 9.84 Å². The van der Waals surface area contributed by atoms with Crippen molar-refractivity contribution < 1.29 is 19.4 Å². The van der Waals surface area contributed by atoms with Crippen molar-refractivity contribution in [1.29, 1.82) is 0 Å². The molecule has 0 saturated heterocycles. The molecule has 5 rings (SSSR count). The molecule has 10 nitrogen and oxygen atoms in total. The number of carbonyl (C=O) groups excluding carboxylic acids is 1. The number of benzene rings is 3. The molecule has 0 aliphatic heterocycles. The second-order valence-corrected chi connectivity index (χ2v) is 9.20. The van der Waals surface area contributed by atoms with Crippen LogP contribution in [0.4, 0.5) is 27.7 Å². The number of amides is 2. The topological polar surface area (TPSA) is 138 Å². The summed E-state index contributed by atoms with van der Waals surface area (Å²) in [5, 5.41) is 18.2. The molecule has 0 spiro atoms. The van der Waals surface area contributed by atoms with Crippen molar-refractivity contribution in [2.75, 3.05) is 16.0 Å². The first-order valence-corrected chi connectivity index (χ1v) is 12.5. The molecule has 10 heteroatoms. The van der Waals surface area contributed by atoms with Gasteiger partial charge in [-0.25, -0.2) is 19.7 Å². The van der Waals surface area contributed by atoms with E-state index in [2.05, 4.69) is 44.7 Å². The Labute approximate surface area is 230 Å². The van der Waals surface area contributed by atoms with Crippen molar-refractivity contribution >= 4 is 45.9 Å². The van der Waals surface area contributed by atoms with Crippen LogP contribution in [0.1, 0.15) is 35.8 Å². The first-order chi connectivity index (χ1) is 19.4. The van der Waals surface area contributed by atoms with Crippen LogP contribution in [0.15, 0.2) is 91.3 Å². The van der Waals surface area contributed by atoms with Crippen LogP contribution >= 0.6 is 0 Å². The highest BCUT2D eigenvalue weighted by Gasteiger charge is 2.14. The zero-order valence-electron chi connectivity index (χ0n) is 21.8. The van der Waals surface area contributed by atoms with Gasteiger partial charge in [0.05, 0.1) is 11.1 Å². The molecule has 2 aromatic heterocycles. The summed E-state index contributed by atoms with van der Waals surface area (Å²) in [7, 11) is 0. The van der Waals surface area contributed by atoms with Gasteiger partial charge in [-0.3, -0.25) is 10.1 Å². The summed E-state index contributed by atoms with van der Waals surface area (Å²) in [6.07, 6.45) is 0.290. The largest absolute Gasteiger partial charge is 0.465 e. The fourth-order valence-electron chi connectivity index (χ4n) is 3.95. The number of anilines is 4. The number of nitrogens with zero attached hydrogens (tertiary/aromatic N) is 3. The minimum atomic E-state index is -1.15. The van der Waals surface area contributed by atoms with Gasteiger partial charge in [0.1, 0.15) is 17.9 Å². The van der Waals surface area contributed by atoms with Gasteiger partial charge in [0, 0.05) is 22.6 Å². The molecule has 0 fully saturated rings. The summed E-state index contributed by atoms with van der Waals surface area (Å²) in [4.78, 5) is 37.1. The van der Waals surface area contributed by atoms with Gasteiger partial charge in [0.15, 0.2) is 11.4 Å². The summed E-state index contributed by atoms with van der Waals surface area (Å²) in [5.41, 5.74) is 3.50. The molecule has 200 valence electrons. The van der Waals surface area contributed by atoms with E-state index in [1.807, 2.05) is 18.2 Å². The molecular weight excluding hydrogens is 508 g/mol. The number of hydrogen-bond donors (Lipinski definition) is 4. The smallest absolute Gasteiger partial charge is 0.409 e. The molecule has 4 N–H and O–H groups in total. The summed E-state index contributed by atoms with van der Waals surface area (Å²) >= 11 is 0. The van der Waals surface area contributed by atoms with E-state index >= 15 is 0 Å². The maximum Gasteiger partial charge on any atom is 0.409 e. The quantitative estimate of drug-likeness (QED) is 0.166. The van der Waals surface area contributed by atoms with E-state index < -0.39 is 6.09 Å². The lowest BCUT2D eigenvalue weighted by molar-refractivity contribution is 0.102. The van der Waals surface area contributed by atoms with Gasteiger partial charge in [-0.1, -0.05) is 32.0 Å². The van der Waals surface area contributed by atoms with Crippen molar-refractivity contribution in [2.45, 2.75) is 19.8 Å². The van der Waals surface area contributed by atoms with Gasteiger partial charge in [-0.05, 0) is 72.6 Å². The Kier molecular flexibility index (Phi) is 7.49. The third-order valence-electron chi connectivity index (χ3n) is 5.97. The van der Waals surface area contributed by atoms with Crippen molar-refractivity contribution in [3.8, 4) is 11.5 Å². The number of aromatic nitrogens is 3. The van der Waals surface area contributed by atoms with Gasteiger partial charge < -0.3 is 20.5 Å². The predicted octanol–water partition coefficient (Wildman–Crippen LogP) is 7.03. The fourth-order valence-corrected chi connectivity index (χ4v) is 3.95. The zero-order valence-corrected chi connectivity index (χ0v) is 21.8. The molecule has 0 saturated carbocycles. The summed E-state index contributed by atoms with van der Waals surface area (Å²) in [6.45, 7) is 4.13. The Balaban J connectivity index is 1.48. The van der Waals surface area contributed by atoms with E-state index in [0.717, 1.165) is 11.1 Å². The van der Waals surface area contributed by atoms with Crippen LogP contribution in [0, 0.1) is 0 Å². The lowest BCUT2D eigenvalue weighted by Crippen LogP contribution is -2.12. The molecule has 3 aromatic carbocycles. The number of carboxylic acid groups (broad SMARTS) is 1. The first kappa shape index (κ1) is 26.1. The van der Waals surface area contributed by atoms with Crippen LogP contribution in [0.3, 0.4) is 0 Å². The summed E-state index contributed by atoms with van der Waals surface area (Å²) in [5.74, 6) is 1.45. The highest BCUT2D eigenvalue weighted by Crippen LogP contribution is 2.35. The number of carbonyl (C=O) groups is 2. The maximum atomic E-state index is 12.8. The summed E-state index contributed by atoms with van der Waals surface area (Å²) in [6, 6.07) is 24.5. The second kappa shape index (κ2) is 11.5. The molecule has 2 heterocycles. The maximum absolute atomic E-state index is 12.8. The molecule has 40 heavy (non-hydrogen) atoms. The Morgan fingerprint density at radius 3 is 2.33 bits per heavy atom. The lowest BCUT2D eigenvalue weighted by atomic mass is 10.1. The highest BCUT2D eigenvalue weighted by atomic mass is 16.5. The monoisotopic (exact) mass is 534 g/mol. The van der Waals surface area contributed by atoms with E-state index in [1.54, 1.807) is 66.7 Å². The van der Waals surface area contributed by atoms with Crippen LogP contribution in [0.25, 0.3) is 11.0 Å². The molecule has 0 aliphatic rings. The summed E-state index contributed by atoms with van der Waals surface area (Å²) < 4.78 is 6.14. The van der Waals surface area contributed by atoms with Crippen molar-refractivity contribution in [3.63, 3.8) is 0 Å². The van der Waals surface area contributed by atoms with Crippen LogP contribution in [-0.4, -0.2) is 32.1 Å². The van der Waals surface area contributed by atoms with Gasteiger partial charge >= 0.3 is 6.09 Å².